The number of esters is 2. The number of aromatic nitrogens is 1. The van der Waals surface area contributed by atoms with Crippen LogP contribution in [-0.2, 0) is 22.3 Å². The number of hydrogen-bond donors (Lipinski definition) is 1. The van der Waals surface area contributed by atoms with Gasteiger partial charge in [-0.1, -0.05) is 6.92 Å². The Kier molecular flexibility index (Phi) is 6.27. The largest absolute Gasteiger partial charge is 0.462 e. The minimum atomic E-state index is -0.965. The van der Waals surface area contributed by atoms with E-state index in [1.165, 1.54) is 21.8 Å². The summed E-state index contributed by atoms with van der Waals surface area (Å²) in [5.41, 5.74) is 2.91. The van der Waals surface area contributed by atoms with Crippen LogP contribution in [0.2, 0.25) is 0 Å². The highest BCUT2D eigenvalue weighted by atomic mass is 32.1. The molecule has 0 saturated heterocycles. The number of H-pyrrole nitrogens is 1. The highest BCUT2D eigenvalue weighted by Crippen LogP contribution is 2.32. The first-order valence-corrected chi connectivity index (χ1v) is 10.8. The number of carbonyl (C=O) groups excluding carboxylic acids is 3. The Labute approximate surface area is 174 Å². The van der Waals surface area contributed by atoms with Crippen molar-refractivity contribution in [3.8, 4) is 0 Å². The second-order valence-electron chi connectivity index (χ2n) is 7.66. The van der Waals surface area contributed by atoms with E-state index in [0.29, 0.717) is 27.6 Å². The number of aryl methyl sites for hydroxylation is 2. The molecule has 7 heteroatoms. The lowest BCUT2D eigenvalue weighted by molar-refractivity contribution is 0.0321. The standard InChI is InChI=1S/C22H27NO5S/c1-6-27-22(26)18-12(3)19(23-13(18)4)20(24)14(5)28-21(25)17-10-15-9-11(2)7-8-16(15)29-17/h10-11,14,23H,6-9H2,1-5H3/t11-,14+/m0/s1. The predicted molar refractivity (Wildman–Crippen MR) is 111 cm³/mol. The van der Waals surface area contributed by atoms with Crippen molar-refractivity contribution in [3.63, 3.8) is 0 Å². The van der Waals surface area contributed by atoms with Crippen molar-refractivity contribution in [2.45, 2.75) is 60.0 Å². The molecule has 156 valence electrons. The normalized spacial score (nSPS) is 16.8. The lowest BCUT2D eigenvalue weighted by atomic mass is 9.90. The first kappa shape index (κ1) is 21.3. The molecule has 3 rings (SSSR count). The number of carbonyl (C=O) groups is 3. The molecule has 0 unspecified atom stereocenters. The Balaban J connectivity index is 1.73. The van der Waals surface area contributed by atoms with Gasteiger partial charge in [-0.15, -0.1) is 11.3 Å². The minimum absolute atomic E-state index is 0.254. The van der Waals surface area contributed by atoms with Gasteiger partial charge in [-0.25, -0.2) is 9.59 Å². The van der Waals surface area contributed by atoms with Gasteiger partial charge < -0.3 is 14.5 Å². The zero-order chi connectivity index (χ0) is 21.3. The van der Waals surface area contributed by atoms with E-state index < -0.39 is 18.0 Å². The van der Waals surface area contributed by atoms with Crippen LogP contribution in [0.3, 0.4) is 0 Å². The molecule has 2 aromatic rings. The summed E-state index contributed by atoms with van der Waals surface area (Å²) in [6.45, 7) is 9.14. The molecule has 0 fully saturated rings. The number of fused-ring (bicyclic) bond motifs is 1. The minimum Gasteiger partial charge on any atom is -0.462 e. The summed E-state index contributed by atoms with van der Waals surface area (Å²) in [5.74, 6) is -0.705. The van der Waals surface area contributed by atoms with Crippen molar-refractivity contribution < 1.29 is 23.9 Å². The number of ketones is 1. The van der Waals surface area contributed by atoms with E-state index in [1.54, 1.807) is 27.7 Å². The van der Waals surface area contributed by atoms with Crippen LogP contribution < -0.4 is 0 Å². The van der Waals surface area contributed by atoms with Crippen molar-refractivity contribution >= 4 is 29.1 Å². The fourth-order valence-corrected chi connectivity index (χ4v) is 4.88. The summed E-state index contributed by atoms with van der Waals surface area (Å²) in [6.07, 6.45) is 2.13. The molecule has 2 atom stereocenters. The van der Waals surface area contributed by atoms with Crippen molar-refractivity contribution in [1.29, 1.82) is 0 Å². The van der Waals surface area contributed by atoms with Crippen LogP contribution in [0.5, 0.6) is 0 Å². The van der Waals surface area contributed by atoms with Crippen molar-refractivity contribution in [1.82, 2.24) is 4.98 Å². The molecule has 0 saturated carbocycles. The Morgan fingerprint density at radius 1 is 1.28 bits per heavy atom. The molecule has 0 radical (unpaired) electrons. The maximum Gasteiger partial charge on any atom is 0.349 e. The van der Waals surface area contributed by atoms with Crippen LogP contribution in [0.1, 0.15) is 79.4 Å². The van der Waals surface area contributed by atoms with Gasteiger partial charge in [0.1, 0.15) is 4.88 Å². The molecule has 29 heavy (non-hydrogen) atoms. The fourth-order valence-electron chi connectivity index (χ4n) is 3.79. The Hall–Kier alpha value is -2.41. The van der Waals surface area contributed by atoms with Gasteiger partial charge in [0.25, 0.3) is 0 Å². The van der Waals surface area contributed by atoms with Crippen LogP contribution in [0.15, 0.2) is 6.07 Å². The molecule has 0 aliphatic heterocycles. The van der Waals surface area contributed by atoms with Crippen LogP contribution in [0.4, 0.5) is 0 Å². The molecule has 2 heterocycles. The number of hydrogen-bond acceptors (Lipinski definition) is 6. The second kappa shape index (κ2) is 8.53. The molecule has 0 aromatic carbocycles. The molecule has 1 N–H and O–H groups in total. The number of rotatable bonds is 6. The quantitative estimate of drug-likeness (QED) is 0.555. The highest BCUT2D eigenvalue weighted by molar-refractivity contribution is 7.14. The summed E-state index contributed by atoms with van der Waals surface area (Å²) in [5, 5.41) is 0. The van der Waals surface area contributed by atoms with E-state index in [9.17, 15) is 14.4 Å². The topological polar surface area (TPSA) is 85.5 Å². The van der Waals surface area contributed by atoms with Gasteiger partial charge in [0.05, 0.1) is 17.9 Å². The molecule has 0 amide bonds. The molecule has 0 bridgehead atoms. The maximum atomic E-state index is 12.9. The number of ether oxygens (including phenoxy) is 2. The molecular weight excluding hydrogens is 390 g/mol. The summed E-state index contributed by atoms with van der Waals surface area (Å²) < 4.78 is 10.5. The maximum absolute atomic E-state index is 12.9. The SMILES string of the molecule is CCOC(=O)c1c(C)[nH]c(C(=O)[C@@H](C)OC(=O)c2cc3c(s2)CC[C@H](C)C3)c1C. The Morgan fingerprint density at radius 3 is 2.69 bits per heavy atom. The average molecular weight is 418 g/mol. The third kappa shape index (κ3) is 4.29. The molecule has 6 nitrogen and oxygen atoms in total. The molecule has 2 aromatic heterocycles. The number of thiophene rings is 1. The van der Waals surface area contributed by atoms with Gasteiger partial charge >= 0.3 is 11.9 Å². The molecule has 1 aliphatic rings. The summed E-state index contributed by atoms with van der Waals surface area (Å²) in [4.78, 5) is 42.3. The zero-order valence-electron chi connectivity index (χ0n) is 17.5. The van der Waals surface area contributed by atoms with E-state index in [1.807, 2.05) is 6.07 Å². The molecule has 1 aliphatic carbocycles. The van der Waals surface area contributed by atoms with Crippen molar-refractivity contribution in [2.24, 2.45) is 5.92 Å². The third-order valence-corrected chi connectivity index (χ3v) is 6.56. The Bertz CT molecular complexity index is 955. The smallest absolute Gasteiger partial charge is 0.349 e. The van der Waals surface area contributed by atoms with E-state index in [-0.39, 0.29) is 18.1 Å². The van der Waals surface area contributed by atoms with Crippen LogP contribution in [0, 0.1) is 19.8 Å². The third-order valence-electron chi connectivity index (χ3n) is 5.35. The number of nitrogens with one attached hydrogen (secondary N) is 1. The van der Waals surface area contributed by atoms with Crippen molar-refractivity contribution in [3.05, 3.63) is 43.9 Å². The fraction of sp³-hybridized carbons (Fsp3) is 0.500. The number of Topliss-reactive ketones (excluding diaryl/α,β-unsaturated/α-hetero) is 1. The van der Waals surface area contributed by atoms with Crippen molar-refractivity contribution in [2.75, 3.05) is 6.61 Å². The van der Waals surface area contributed by atoms with Gasteiger partial charge in [-0.2, -0.15) is 0 Å². The number of aromatic amines is 1. The van der Waals surface area contributed by atoms with Gasteiger partial charge in [-0.3, -0.25) is 4.79 Å². The lowest BCUT2D eigenvalue weighted by Crippen LogP contribution is -2.25. The predicted octanol–water partition coefficient (Wildman–Crippen LogP) is 4.42. The van der Waals surface area contributed by atoms with E-state index in [0.717, 1.165) is 19.3 Å². The summed E-state index contributed by atoms with van der Waals surface area (Å²) in [6, 6.07) is 1.90. The van der Waals surface area contributed by atoms with Gasteiger partial charge in [0, 0.05) is 10.6 Å². The van der Waals surface area contributed by atoms with E-state index in [4.69, 9.17) is 9.47 Å². The molecular formula is C22H27NO5S. The highest BCUT2D eigenvalue weighted by Gasteiger charge is 2.29. The average Bonchev–Trinajstić information content (AvgIpc) is 3.21. The summed E-state index contributed by atoms with van der Waals surface area (Å²) in [7, 11) is 0. The van der Waals surface area contributed by atoms with Gasteiger partial charge in [-0.05, 0) is 70.1 Å². The van der Waals surface area contributed by atoms with Gasteiger partial charge in [0.2, 0.25) is 5.78 Å². The van der Waals surface area contributed by atoms with Crippen LogP contribution >= 0.6 is 11.3 Å². The second-order valence-corrected chi connectivity index (χ2v) is 8.80. The van der Waals surface area contributed by atoms with E-state index >= 15 is 0 Å². The van der Waals surface area contributed by atoms with Crippen LogP contribution in [0.25, 0.3) is 0 Å². The molecule has 0 spiro atoms. The monoisotopic (exact) mass is 417 g/mol. The van der Waals surface area contributed by atoms with Gasteiger partial charge in [0.15, 0.2) is 6.10 Å². The van der Waals surface area contributed by atoms with Crippen LogP contribution in [-0.4, -0.2) is 35.4 Å². The first-order valence-electron chi connectivity index (χ1n) is 9.95. The lowest BCUT2D eigenvalue weighted by Gasteiger charge is -2.16. The summed E-state index contributed by atoms with van der Waals surface area (Å²) >= 11 is 1.46. The van der Waals surface area contributed by atoms with E-state index in [2.05, 4.69) is 11.9 Å². The zero-order valence-corrected chi connectivity index (χ0v) is 18.3. The first-order chi connectivity index (χ1) is 13.7. The Morgan fingerprint density at radius 2 is 2.00 bits per heavy atom.